The summed E-state index contributed by atoms with van der Waals surface area (Å²) >= 11 is 1.29. The molecule has 0 spiro atoms. The third kappa shape index (κ3) is 3.42. The molecular weight excluding hydrogens is 320 g/mol. The minimum Gasteiger partial charge on any atom is -0.481 e. The second kappa shape index (κ2) is 6.25. The molecule has 7 nitrogen and oxygen atoms in total. The zero-order valence-electron chi connectivity index (χ0n) is 12.3. The van der Waals surface area contributed by atoms with E-state index in [0.717, 1.165) is 10.6 Å². The average molecular weight is 334 g/mol. The van der Waals surface area contributed by atoms with Crippen molar-refractivity contribution in [3.05, 3.63) is 34.3 Å². The van der Waals surface area contributed by atoms with Crippen LogP contribution in [0.4, 0.5) is 5.13 Å². The first-order chi connectivity index (χ1) is 11.0. The summed E-state index contributed by atoms with van der Waals surface area (Å²) in [5.74, 6) is -0.0108. The maximum Gasteiger partial charge on any atom is 0.303 e. The highest BCUT2D eigenvalue weighted by atomic mass is 32.1. The van der Waals surface area contributed by atoms with E-state index >= 15 is 0 Å². The maximum absolute atomic E-state index is 12.3. The van der Waals surface area contributed by atoms with Gasteiger partial charge >= 0.3 is 5.97 Å². The number of amides is 1. The third-order valence-electron chi connectivity index (χ3n) is 3.31. The predicted molar refractivity (Wildman–Crippen MR) is 83.3 cm³/mol. The van der Waals surface area contributed by atoms with Crippen molar-refractivity contribution in [3.63, 3.8) is 0 Å². The predicted octanol–water partition coefficient (Wildman–Crippen LogP) is 2.45. The Hall–Kier alpha value is -2.61. The molecule has 1 aliphatic heterocycles. The number of nitrogens with zero attached hydrogens (tertiary/aromatic N) is 1. The van der Waals surface area contributed by atoms with Gasteiger partial charge < -0.3 is 14.6 Å². The van der Waals surface area contributed by atoms with Crippen molar-refractivity contribution in [3.8, 4) is 11.5 Å². The number of hydrogen-bond donors (Lipinski definition) is 2. The minimum atomic E-state index is -0.858. The van der Waals surface area contributed by atoms with E-state index in [0.29, 0.717) is 28.6 Å². The Morgan fingerprint density at radius 1 is 1.35 bits per heavy atom. The molecule has 1 aromatic heterocycles. The molecule has 1 aliphatic rings. The fourth-order valence-electron chi connectivity index (χ4n) is 2.14. The summed E-state index contributed by atoms with van der Waals surface area (Å²) < 4.78 is 10.5. The lowest BCUT2D eigenvalue weighted by atomic mass is 10.2. The number of nitrogens with one attached hydrogen (secondary N) is 1. The van der Waals surface area contributed by atoms with Gasteiger partial charge in [-0.05, 0) is 31.5 Å². The molecule has 0 radical (unpaired) electrons. The lowest BCUT2D eigenvalue weighted by Crippen LogP contribution is -2.11. The van der Waals surface area contributed by atoms with Crippen molar-refractivity contribution in [2.24, 2.45) is 0 Å². The number of hydrogen-bond acceptors (Lipinski definition) is 6. The van der Waals surface area contributed by atoms with Crippen LogP contribution in [0.15, 0.2) is 18.2 Å². The normalized spacial score (nSPS) is 12.2. The Balaban J connectivity index is 1.70. The molecule has 1 aromatic carbocycles. The van der Waals surface area contributed by atoms with Crippen LogP contribution in [0.25, 0.3) is 0 Å². The van der Waals surface area contributed by atoms with Crippen LogP contribution in [-0.4, -0.2) is 28.8 Å². The van der Waals surface area contributed by atoms with E-state index in [1.807, 2.05) is 0 Å². The molecule has 0 aliphatic carbocycles. The molecule has 2 heterocycles. The number of benzene rings is 1. The molecule has 2 aromatic rings. The van der Waals surface area contributed by atoms with Crippen LogP contribution in [0.2, 0.25) is 0 Å². The highest BCUT2D eigenvalue weighted by Crippen LogP contribution is 2.33. The molecule has 0 unspecified atom stereocenters. The van der Waals surface area contributed by atoms with E-state index < -0.39 is 5.97 Å². The molecule has 0 atom stereocenters. The molecule has 1 amide bonds. The second-order valence-electron chi connectivity index (χ2n) is 4.94. The summed E-state index contributed by atoms with van der Waals surface area (Å²) in [5.41, 5.74) is 1.17. The molecule has 0 bridgehead atoms. The molecular formula is C15H14N2O5S. The summed E-state index contributed by atoms with van der Waals surface area (Å²) in [5, 5.41) is 11.9. The third-order valence-corrected chi connectivity index (χ3v) is 4.45. The number of aromatic nitrogens is 1. The van der Waals surface area contributed by atoms with E-state index in [1.54, 1.807) is 25.1 Å². The molecule has 23 heavy (non-hydrogen) atoms. The molecule has 0 saturated heterocycles. The van der Waals surface area contributed by atoms with Crippen LogP contribution in [0, 0.1) is 6.92 Å². The number of aryl methyl sites for hydroxylation is 2. The number of anilines is 1. The van der Waals surface area contributed by atoms with Gasteiger partial charge in [0.1, 0.15) is 0 Å². The minimum absolute atomic E-state index is 0.0403. The molecule has 0 fully saturated rings. The zero-order valence-corrected chi connectivity index (χ0v) is 13.1. The zero-order chi connectivity index (χ0) is 16.4. The molecule has 2 N–H and O–H groups in total. The van der Waals surface area contributed by atoms with Crippen LogP contribution in [0.1, 0.15) is 27.3 Å². The van der Waals surface area contributed by atoms with Gasteiger partial charge in [0.15, 0.2) is 16.6 Å². The van der Waals surface area contributed by atoms with Gasteiger partial charge in [-0.1, -0.05) is 0 Å². The molecule has 120 valence electrons. The van der Waals surface area contributed by atoms with Crippen molar-refractivity contribution >= 4 is 28.3 Å². The lowest BCUT2D eigenvalue weighted by molar-refractivity contribution is -0.136. The van der Waals surface area contributed by atoms with Crippen molar-refractivity contribution in [1.82, 2.24) is 4.98 Å². The highest BCUT2D eigenvalue weighted by molar-refractivity contribution is 7.15. The topological polar surface area (TPSA) is 97.8 Å². The number of carbonyl (C=O) groups excluding carboxylic acids is 1. The number of rotatable bonds is 5. The number of carbonyl (C=O) groups is 2. The van der Waals surface area contributed by atoms with Gasteiger partial charge in [-0.25, -0.2) is 4.98 Å². The summed E-state index contributed by atoms with van der Waals surface area (Å²) in [4.78, 5) is 28.0. The second-order valence-corrected chi connectivity index (χ2v) is 6.03. The Bertz CT molecular complexity index is 771. The van der Waals surface area contributed by atoms with Gasteiger partial charge in [-0.15, -0.1) is 11.3 Å². The van der Waals surface area contributed by atoms with Crippen LogP contribution in [0.5, 0.6) is 11.5 Å². The van der Waals surface area contributed by atoms with Crippen LogP contribution < -0.4 is 14.8 Å². The van der Waals surface area contributed by atoms with Crippen LogP contribution in [-0.2, 0) is 11.2 Å². The Morgan fingerprint density at radius 2 is 2.13 bits per heavy atom. The monoisotopic (exact) mass is 334 g/mol. The Labute approximate surface area is 135 Å². The molecule has 0 saturated carbocycles. The van der Waals surface area contributed by atoms with Crippen molar-refractivity contribution in [2.75, 3.05) is 12.1 Å². The largest absolute Gasteiger partial charge is 0.481 e. The first-order valence-electron chi connectivity index (χ1n) is 6.92. The van der Waals surface area contributed by atoms with Crippen molar-refractivity contribution in [2.45, 2.75) is 19.8 Å². The van der Waals surface area contributed by atoms with E-state index in [-0.39, 0.29) is 19.1 Å². The van der Waals surface area contributed by atoms with Gasteiger partial charge in [-0.2, -0.15) is 0 Å². The SMILES string of the molecule is Cc1nc(NC(=O)c2ccc3c(c2)OCO3)sc1CCC(=O)O. The highest BCUT2D eigenvalue weighted by Gasteiger charge is 2.17. The Morgan fingerprint density at radius 3 is 2.91 bits per heavy atom. The van der Waals surface area contributed by atoms with E-state index in [9.17, 15) is 9.59 Å². The molecule has 3 rings (SSSR count). The van der Waals surface area contributed by atoms with Crippen molar-refractivity contribution < 1.29 is 24.2 Å². The molecule has 8 heteroatoms. The first kappa shape index (κ1) is 15.3. The van der Waals surface area contributed by atoms with Crippen molar-refractivity contribution in [1.29, 1.82) is 0 Å². The summed E-state index contributed by atoms with van der Waals surface area (Å²) in [7, 11) is 0. The number of aliphatic carboxylic acids is 1. The summed E-state index contributed by atoms with van der Waals surface area (Å²) in [6.45, 7) is 1.95. The number of ether oxygens (including phenoxy) is 2. The smallest absolute Gasteiger partial charge is 0.303 e. The summed E-state index contributed by atoms with van der Waals surface area (Å²) in [6.07, 6.45) is 0.442. The van der Waals surface area contributed by atoms with E-state index in [2.05, 4.69) is 10.3 Å². The number of thiazole rings is 1. The van der Waals surface area contributed by atoms with E-state index in [1.165, 1.54) is 11.3 Å². The maximum atomic E-state index is 12.3. The first-order valence-corrected chi connectivity index (χ1v) is 7.73. The fraction of sp³-hybridized carbons (Fsp3) is 0.267. The van der Waals surface area contributed by atoms with Gasteiger partial charge in [0.05, 0.1) is 12.1 Å². The van der Waals surface area contributed by atoms with E-state index in [4.69, 9.17) is 14.6 Å². The number of carboxylic acid groups (broad SMARTS) is 1. The van der Waals surface area contributed by atoms with Gasteiger partial charge in [0, 0.05) is 10.4 Å². The van der Waals surface area contributed by atoms with Crippen LogP contribution in [0.3, 0.4) is 0 Å². The summed E-state index contributed by atoms with van der Waals surface area (Å²) in [6, 6.07) is 4.95. The number of carboxylic acids is 1. The quantitative estimate of drug-likeness (QED) is 0.871. The van der Waals surface area contributed by atoms with Gasteiger partial charge in [0.2, 0.25) is 6.79 Å². The fourth-order valence-corrected chi connectivity index (χ4v) is 3.10. The van der Waals surface area contributed by atoms with Gasteiger partial charge in [0.25, 0.3) is 5.91 Å². The standard InChI is InChI=1S/C15H14N2O5S/c1-8-12(4-5-13(18)19)23-15(16-8)17-14(20)9-2-3-10-11(6-9)22-7-21-10/h2-3,6H,4-5,7H2,1H3,(H,18,19)(H,16,17,20). The lowest BCUT2D eigenvalue weighted by Gasteiger charge is -2.03. The average Bonchev–Trinajstić information content (AvgIpc) is 3.10. The Kier molecular flexibility index (Phi) is 4.16. The number of fused-ring (bicyclic) bond motifs is 1. The van der Waals surface area contributed by atoms with Crippen LogP contribution >= 0.6 is 11.3 Å². The van der Waals surface area contributed by atoms with Gasteiger partial charge in [-0.3, -0.25) is 14.9 Å².